The van der Waals surface area contributed by atoms with Crippen molar-refractivity contribution in [3.05, 3.63) is 0 Å². The van der Waals surface area contributed by atoms with Gasteiger partial charge in [-0.15, -0.1) is 11.6 Å². The van der Waals surface area contributed by atoms with Crippen LogP contribution in [0.25, 0.3) is 0 Å². The summed E-state index contributed by atoms with van der Waals surface area (Å²) in [6, 6.07) is -0.0728. The van der Waals surface area contributed by atoms with Crippen LogP contribution in [0.15, 0.2) is 0 Å². The maximum Gasteiger partial charge on any atom is 0.211 e. The molecule has 0 aromatic carbocycles. The van der Waals surface area contributed by atoms with E-state index < -0.39 is 10.0 Å². The zero-order valence-electron chi connectivity index (χ0n) is 10.8. The van der Waals surface area contributed by atoms with Crippen LogP contribution in [0.4, 0.5) is 0 Å². The lowest BCUT2D eigenvalue weighted by molar-refractivity contribution is 0.508. The van der Waals surface area contributed by atoms with E-state index in [-0.39, 0.29) is 17.2 Å². The van der Waals surface area contributed by atoms with Crippen LogP contribution in [0.1, 0.15) is 52.4 Å². The van der Waals surface area contributed by atoms with Gasteiger partial charge in [-0.05, 0) is 25.2 Å². The highest BCUT2D eigenvalue weighted by molar-refractivity contribution is 7.89. The van der Waals surface area contributed by atoms with E-state index in [1.807, 2.05) is 13.8 Å². The molecule has 0 aromatic heterocycles. The standard InChI is InChI=1S/C12H24ClNO2S/c1-10(2)8-9-17(15,16)14-12-7-5-3-4-6-11(12)13/h10-12,14H,3-9H2,1-2H3. The van der Waals surface area contributed by atoms with E-state index in [0.717, 1.165) is 32.1 Å². The molecule has 1 aliphatic carbocycles. The van der Waals surface area contributed by atoms with E-state index in [0.29, 0.717) is 12.3 Å². The van der Waals surface area contributed by atoms with E-state index >= 15 is 0 Å². The lowest BCUT2D eigenvalue weighted by Crippen LogP contribution is -2.41. The Kier molecular flexibility index (Phi) is 6.24. The Morgan fingerprint density at radius 2 is 1.88 bits per heavy atom. The van der Waals surface area contributed by atoms with Crippen molar-refractivity contribution < 1.29 is 8.42 Å². The molecule has 1 N–H and O–H groups in total. The third-order valence-electron chi connectivity index (χ3n) is 3.23. The molecule has 0 heterocycles. The minimum absolute atomic E-state index is 0.0497. The molecule has 0 aliphatic heterocycles. The third-order valence-corrected chi connectivity index (χ3v) is 5.18. The monoisotopic (exact) mass is 281 g/mol. The first-order valence-electron chi connectivity index (χ1n) is 6.55. The molecule has 1 rings (SSSR count). The minimum atomic E-state index is -3.16. The van der Waals surface area contributed by atoms with Gasteiger partial charge < -0.3 is 0 Å². The van der Waals surface area contributed by atoms with Gasteiger partial charge in [-0.1, -0.05) is 33.1 Å². The largest absolute Gasteiger partial charge is 0.212 e. The Hall–Kier alpha value is 0.200. The Morgan fingerprint density at radius 3 is 2.53 bits per heavy atom. The summed E-state index contributed by atoms with van der Waals surface area (Å²) in [6.07, 6.45) is 5.83. The molecule has 0 amide bonds. The molecule has 0 spiro atoms. The maximum atomic E-state index is 11.9. The maximum absolute atomic E-state index is 11.9. The zero-order chi connectivity index (χ0) is 12.9. The summed E-state index contributed by atoms with van der Waals surface area (Å²) in [5, 5.41) is -0.0497. The van der Waals surface area contributed by atoms with Crippen molar-refractivity contribution in [2.75, 3.05) is 5.75 Å². The van der Waals surface area contributed by atoms with E-state index in [9.17, 15) is 8.42 Å². The molecule has 0 saturated heterocycles. The highest BCUT2D eigenvalue weighted by Gasteiger charge is 2.25. The molecule has 1 aliphatic rings. The van der Waals surface area contributed by atoms with Crippen molar-refractivity contribution in [1.82, 2.24) is 4.72 Å². The van der Waals surface area contributed by atoms with Gasteiger partial charge in [0.25, 0.3) is 0 Å². The summed E-state index contributed by atoms with van der Waals surface area (Å²) in [4.78, 5) is 0. The van der Waals surface area contributed by atoms with Crippen LogP contribution in [-0.4, -0.2) is 25.6 Å². The molecule has 1 saturated carbocycles. The number of alkyl halides is 1. The molecule has 5 heteroatoms. The highest BCUT2D eigenvalue weighted by atomic mass is 35.5. The van der Waals surface area contributed by atoms with Crippen LogP contribution >= 0.6 is 11.6 Å². The summed E-state index contributed by atoms with van der Waals surface area (Å²) in [5.74, 6) is 0.623. The second-order valence-electron chi connectivity index (χ2n) is 5.38. The van der Waals surface area contributed by atoms with Crippen LogP contribution in [0, 0.1) is 5.92 Å². The second kappa shape index (κ2) is 6.95. The molecule has 2 unspecified atom stereocenters. The molecule has 0 aromatic rings. The smallest absolute Gasteiger partial charge is 0.211 e. The van der Waals surface area contributed by atoms with Crippen LogP contribution < -0.4 is 4.72 Å². The molecular weight excluding hydrogens is 258 g/mol. The van der Waals surface area contributed by atoms with E-state index in [1.165, 1.54) is 0 Å². The predicted octanol–water partition coefficient (Wildman–Crippen LogP) is 2.89. The molecule has 0 radical (unpaired) electrons. The van der Waals surface area contributed by atoms with Gasteiger partial charge in [0.15, 0.2) is 0 Å². The lowest BCUT2D eigenvalue weighted by Gasteiger charge is -2.21. The number of rotatable bonds is 5. The molecular formula is C12H24ClNO2S. The molecule has 3 nitrogen and oxygen atoms in total. The third kappa shape index (κ3) is 6.07. The SMILES string of the molecule is CC(C)CCS(=O)(=O)NC1CCCCCC1Cl. The van der Waals surface area contributed by atoms with Gasteiger partial charge in [-0.25, -0.2) is 13.1 Å². The highest BCUT2D eigenvalue weighted by Crippen LogP contribution is 2.23. The molecule has 0 bridgehead atoms. The van der Waals surface area contributed by atoms with Crippen molar-refractivity contribution in [1.29, 1.82) is 0 Å². The molecule has 2 atom stereocenters. The lowest BCUT2D eigenvalue weighted by atomic mass is 10.1. The Labute approximate surface area is 110 Å². The normalized spacial score (nSPS) is 27.1. The van der Waals surface area contributed by atoms with Crippen LogP contribution in [0.3, 0.4) is 0 Å². The number of nitrogens with one attached hydrogen (secondary N) is 1. The molecule has 102 valence electrons. The summed E-state index contributed by atoms with van der Waals surface area (Å²) < 4.78 is 26.6. The summed E-state index contributed by atoms with van der Waals surface area (Å²) in [6.45, 7) is 4.07. The Balaban J connectivity index is 2.50. The van der Waals surface area contributed by atoms with Gasteiger partial charge in [-0.3, -0.25) is 0 Å². The average molecular weight is 282 g/mol. The van der Waals surface area contributed by atoms with Gasteiger partial charge in [0.2, 0.25) is 10.0 Å². The Morgan fingerprint density at radius 1 is 1.24 bits per heavy atom. The summed E-state index contributed by atoms with van der Waals surface area (Å²) >= 11 is 6.23. The second-order valence-corrected chi connectivity index (χ2v) is 7.81. The van der Waals surface area contributed by atoms with Gasteiger partial charge in [0, 0.05) is 11.4 Å². The van der Waals surface area contributed by atoms with Crippen LogP contribution in [0.5, 0.6) is 0 Å². The molecule has 1 fully saturated rings. The zero-order valence-corrected chi connectivity index (χ0v) is 12.4. The van der Waals surface area contributed by atoms with Crippen molar-refractivity contribution in [3.63, 3.8) is 0 Å². The van der Waals surface area contributed by atoms with E-state index in [4.69, 9.17) is 11.6 Å². The fourth-order valence-corrected chi connectivity index (χ4v) is 4.14. The van der Waals surface area contributed by atoms with Crippen molar-refractivity contribution in [2.24, 2.45) is 5.92 Å². The minimum Gasteiger partial charge on any atom is -0.212 e. The van der Waals surface area contributed by atoms with Crippen LogP contribution in [0.2, 0.25) is 0 Å². The first-order valence-corrected chi connectivity index (χ1v) is 8.63. The van der Waals surface area contributed by atoms with Gasteiger partial charge >= 0.3 is 0 Å². The Bertz CT molecular complexity index is 316. The van der Waals surface area contributed by atoms with Crippen LogP contribution in [-0.2, 0) is 10.0 Å². The topological polar surface area (TPSA) is 46.2 Å². The quantitative estimate of drug-likeness (QED) is 0.622. The number of halogens is 1. The van der Waals surface area contributed by atoms with Crippen molar-refractivity contribution in [3.8, 4) is 0 Å². The van der Waals surface area contributed by atoms with E-state index in [2.05, 4.69) is 4.72 Å². The average Bonchev–Trinajstić information content (AvgIpc) is 2.42. The molecule has 17 heavy (non-hydrogen) atoms. The number of sulfonamides is 1. The number of hydrogen-bond donors (Lipinski definition) is 1. The van der Waals surface area contributed by atoms with Crippen molar-refractivity contribution in [2.45, 2.75) is 63.8 Å². The van der Waals surface area contributed by atoms with Crippen molar-refractivity contribution >= 4 is 21.6 Å². The van der Waals surface area contributed by atoms with Gasteiger partial charge in [0.1, 0.15) is 0 Å². The fraction of sp³-hybridized carbons (Fsp3) is 1.00. The summed E-state index contributed by atoms with van der Waals surface area (Å²) in [5.41, 5.74) is 0. The number of hydrogen-bond acceptors (Lipinski definition) is 2. The predicted molar refractivity (Wildman–Crippen MR) is 72.9 cm³/mol. The summed E-state index contributed by atoms with van der Waals surface area (Å²) in [7, 11) is -3.16. The van der Waals surface area contributed by atoms with Gasteiger partial charge in [0.05, 0.1) is 5.75 Å². The van der Waals surface area contributed by atoms with Gasteiger partial charge in [-0.2, -0.15) is 0 Å². The van der Waals surface area contributed by atoms with E-state index in [1.54, 1.807) is 0 Å². The fourth-order valence-electron chi connectivity index (χ4n) is 2.08. The first-order chi connectivity index (χ1) is 7.91. The first kappa shape index (κ1) is 15.3.